The average Bonchev–Trinajstić information content (AvgIpc) is 2.41. The summed E-state index contributed by atoms with van der Waals surface area (Å²) in [4.78, 5) is 8.53. The largest absolute Gasteiger partial charge is 0.286 e. The molecule has 0 saturated carbocycles. The van der Waals surface area contributed by atoms with Crippen LogP contribution in [0.2, 0.25) is 0 Å². The van der Waals surface area contributed by atoms with Crippen LogP contribution in [0.4, 0.5) is 0 Å². The van der Waals surface area contributed by atoms with Crippen LogP contribution < -0.4 is 0 Å². The summed E-state index contributed by atoms with van der Waals surface area (Å²) in [5.41, 5.74) is 3.19. The van der Waals surface area contributed by atoms with Gasteiger partial charge in [-0.25, -0.2) is 0 Å². The highest BCUT2D eigenvalue weighted by atomic mass is 14.7. The lowest BCUT2D eigenvalue weighted by Gasteiger charge is -1.97. The number of pyridine rings is 1. The molecule has 0 saturated heterocycles. The molecule has 0 aliphatic carbocycles. The van der Waals surface area contributed by atoms with Gasteiger partial charge in [-0.15, -0.1) is 0 Å². The number of rotatable bonds is 4. The molecular formula is C15H14N2. The summed E-state index contributed by atoms with van der Waals surface area (Å²) in [6.45, 7) is 4.40. The number of aromatic nitrogens is 1. The van der Waals surface area contributed by atoms with Crippen LogP contribution in [0.15, 0.2) is 60.2 Å². The first kappa shape index (κ1) is 11.3. The second-order valence-electron chi connectivity index (χ2n) is 3.67. The molecule has 0 radical (unpaired) electrons. The van der Waals surface area contributed by atoms with Gasteiger partial charge in [0.25, 0.3) is 0 Å². The third-order valence-corrected chi connectivity index (χ3v) is 2.40. The Morgan fingerprint density at radius 1 is 1.12 bits per heavy atom. The van der Waals surface area contributed by atoms with Gasteiger partial charge in [-0.1, -0.05) is 43.0 Å². The van der Waals surface area contributed by atoms with Gasteiger partial charge in [0, 0.05) is 12.4 Å². The molecule has 0 N–H and O–H groups in total. The number of benzene rings is 1. The van der Waals surface area contributed by atoms with E-state index in [1.165, 1.54) is 5.56 Å². The summed E-state index contributed by atoms with van der Waals surface area (Å²) in [5.74, 6) is 0. The van der Waals surface area contributed by atoms with E-state index in [4.69, 9.17) is 0 Å². The zero-order valence-corrected chi connectivity index (χ0v) is 9.58. The lowest BCUT2D eigenvalue weighted by molar-refractivity contribution is 1.07. The summed E-state index contributed by atoms with van der Waals surface area (Å²) in [6.07, 6.45) is 5.39. The fraction of sp³-hybridized carbons (Fsp3) is 0.0667. The Bertz CT molecular complexity index is 498. The lowest BCUT2D eigenvalue weighted by Crippen LogP contribution is -1.87. The van der Waals surface area contributed by atoms with Crippen LogP contribution in [0.25, 0.3) is 6.08 Å². The normalized spacial score (nSPS) is 10.6. The first-order valence-electron chi connectivity index (χ1n) is 5.51. The first-order valence-corrected chi connectivity index (χ1v) is 5.51. The van der Waals surface area contributed by atoms with E-state index in [9.17, 15) is 0 Å². The highest BCUT2D eigenvalue weighted by Gasteiger charge is 1.91. The van der Waals surface area contributed by atoms with E-state index in [-0.39, 0.29) is 0 Å². The number of nitrogens with zero attached hydrogens (tertiary/aromatic N) is 2. The van der Waals surface area contributed by atoms with Crippen LogP contribution in [0.1, 0.15) is 16.8 Å². The van der Waals surface area contributed by atoms with Crippen molar-refractivity contribution in [3.8, 4) is 0 Å². The molecule has 2 rings (SSSR count). The zero-order valence-electron chi connectivity index (χ0n) is 9.58. The maximum absolute atomic E-state index is 4.35. The number of hydrogen-bond acceptors (Lipinski definition) is 2. The van der Waals surface area contributed by atoms with Gasteiger partial charge >= 0.3 is 0 Å². The third-order valence-electron chi connectivity index (χ3n) is 2.40. The molecule has 17 heavy (non-hydrogen) atoms. The van der Waals surface area contributed by atoms with Crippen molar-refractivity contribution in [3.05, 3.63) is 72.1 Å². The van der Waals surface area contributed by atoms with Crippen LogP contribution in [-0.4, -0.2) is 11.2 Å². The van der Waals surface area contributed by atoms with E-state index < -0.39 is 0 Å². The Kier molecular flexibility index (Phi) is 3.81. The summed E-state index contributed by atoms with van der Waals surface area (Å²) >= 11 is 0. The Morgan fingerprint density at radius 3 is 2.59 bits per heavy atom. The molecule has 1 aromatic heterocycles. The fourth-order valence-electron chi connectivity index (χ4n) is 1.46. The SMILES string of the molecule is C=Cc1ccc(CN=Cc2ccccn2)cc1. The molecular weight excluding hydrogens is 208 g/mol. The molecule has 0 bridgehead atoms. The standard InChI is InChI=1S/C15H14N2/c1-2-13-6-8-14(9-7-13)11-16-12-15-5-3-4-10-17-15/h2-10,12H,1,11H2. The minimum absolute atomic E-state index is 0.675. The minimum Gasteiger partial charge on any atom is -0.286 e. The predicted octanol–water partition coefficient (Wildman–Crippen LogP) is 3.34. The van der Waals surface area contributed by atoms with Crippen molar-refractivity contribution >= 4 is 12.3 Å². The molecule has 0 unspecified atom stereocenters. The van der Waals surface area contributed by atoms with E-state index in [0.717, 1.165) is 11.3 Å². The molecule has 2 heteroatoms. The minimum atomic E-state index is 0.675. The summed E-state index contributed by atoms with van der Waals surface area (Å²) in [5, 5.41) is 0. The fourth-order valence-corrected chi connectivity index (χ4v) is 1.46. The van der Waals surface area contributed by atoms with Gasteiger partial charge < -0.3 is 0 Å². The van der Waals surface area contributed by atoms with Gasteiger partial charge in [0.1, 0.15) is 0 Å². The van der Waals surface area contributed by atoms with Crippen molar-refractivity contribution in [2.75, 3.05) is 0 Å². The van der Waals surface area contributed by atoms with Crippen LogP contribution in [0.5, 0.6) is 0 Å². The molecule has 84 valence electrons. The molecule has 1 heterocycles. The van der Waals surface area contributed by atoms with Crippen LogP contribution in [0.3, 0.4) is 0 Å². The summed E-state index contributed by atoms with van der Waals surface area (Å²) < 4.78 is 0. The van der Waals surface area contributed by atoms with Gasteiger partial charge in [-0.2, -0.15) is 0 Å². The highest BCUT2D eigenvalue weighted by Crippen LogP contribution is 2.06. The average molecular weight is 222 g/mol. The van der Waals surface area contributed by atoms with E-state index in [1.807, 2.05) is 36.4 Å². The van der Waals surface area contributed by atoms with Gasteiger partial charge in [-0.05, 0) is 23.3 Å². The maximum Gasteiger partial charge on any atom is 0.0807 e. The van der Waals surface area contributed by atoms with E-state index in [1.54, 1.807) is 12.4 Å². The number of hydrogen-bond donors (Lipinski definition) is 0. The van der Waals surface area contributed by atoms with E-state index in [0.29, 0.717) is 6.54 Å². The van der Waals surface area contributed by atoms with Crippen molar-refractivity contribution in [3.63, 3.8) is 0 Å². The molecule has 0 aliphatic rings. The molecule has 0 amide bonds. The smallest absolute Gasteiger partial charge is 0.0807 e. The molecule has 0 spiro atoms. The van der Waals surface area contributed by atoms with Crippen LogP contribution >= 0.6 is 0 Å². The van der Waals surface area contributed by atoms with E-state index >= 15 is 0 Å². The summed E-state index contributed by atoms with van der Waals surface area (Å²) in [6, 6.07) is 14.0. The third kappa shape index (κ3) is 3.38. The van der Waals surface area contributed by atoms with Gasteiger partial charge in [0.15, 0.2) is 0 Å². The zero-order chi connectivity index (χ0) is 11.9. The Balaban J connectivity index is 1.97. The van der Waals surface area contributed by atoms with Crippen LogP contribution in [0, 0.1) is 0 Å². The topological polar surface area (TPSA) is 25.2 Å². The van der Waals surface area contributed by atoms with Gasteiger partial charge in [0.2, 0.25) is 0 Å². The van der Waals surface area contributed by atoms with Crippen molar-refractivity contribution in [2.24, 2.45) is 4.99 Å². The molecule has 0 aliphatic heterocycles. The Hall–Kier alpha value is -2.22. The molecule has 0 fully saturated rings. The van der Waals surface area contributed by atoms with Crippen molar-refractivity contribution < 1.29 is 0 Å². The highest BCUT2D eigenvalue weighted by molar-refractivity contribution is 5.76. The van der Waals surface area contributed by atoms with E-state index in [2.05, 4.69) is 28.7 Å². The van der Waals surface area contributed by atoms with Gasteiger partial charge in [0.05, 0.1) is 12.2 Å². The van der Waals surface area contributed by atoms with Gasteiger partial charge in [-0.3, -0.25) is 9.98 Å². The molecule has 1 aromatic carbocycles. The Morgan fingerprint density at radius 2 is 1.94 bits per heavy atom. The molecule has 0 atom stereocenters. The number of aliphatic imine (C=N–C) groups is 1. The molecule has 2 aromatic rings. The first-order chi connectivity index (χ1) is 8.38. The maximum atomic E-state index is 4.35. The predicted molar refractivity (Wildman–Crippen MR) is 72.1 cm³/mol. The van der Waals surface area contributed by atoms with Crippen molar-refractivity contribution in [2.45, 2.75) is 6.54 Å². The summed E-state index contributed by atoms with van der Waals surface area (Å²) in [7, 11) is 0. The second kappa shape index (κ2) is 5.75. The quantitative estimate of drug-likeness (QED) is 0.728. The second-order valence-corrected chi connectivity index (χ2v) is 3.67. The van der Waals surface area contributed by atoms with Crippen LogP contribution in [-0.2, 0) is 6.54 Å². The lowest BCUT2D eigenvalue weighted by atomic mass is 10.1. The molecule has 2 nitrogen and oxygen atoms in total. The monoisotopic (exact) mass is 222 g/mol. The van der Waals surface area contributed by atoms with Crippen molar-refractivity contribution in [1.82, 2.24) is 4.98 Å². The van der Waals surface area contributed by atoms with Crippen molar-refractivity contribution in [1.29, 1.82) is 0 Å². The Labute approximate surface area is 101 Å².